The van der Waals surface area contributed by atoms with Gasteiger partial charge >= 0.3 is 0 Å². The molecule has 4 nitrogen and oxygen atoms in total. The SMILES string of the molecule is Clc1ncc(Cl)c(N2CCN(CC3CC3)CC2)n1. The maximum atomic E-state index is 6.12. The van der Waals surface area contributed by atoms with E-state index in [1.165, 1.54) is 19.4 Å². The van der Waals surface area contributed by atoms with Gasteiger partial charge in [0.2, 0.25) is 5.28 Å². The molecule has 0 unspecified atom stereocenters. The van der Waals surface area contributed by atoms with Gasteiger partial charge in [-0.15, -0.1) is 0 Å². The second kappa shape index (κ2) is 5.19. The van der Waals surface area contributed by atoms with Crippen molar-refractivity contribution < 1.29 is 0 Å². The summed E-state index contributed by atoms with van der Waals surface area (Å²) in [5, 5.41) is 0.838. The van der Waals surface area contributed by atoms with Gasteiger partial charge in [0.15, 0.2) is 5.82 Å². The Balaban J connectivity index is 1.62. The minimum Gasteiger partial charge on any atom is -0.353 e. The van der Waals surface area contributed by atoms with E-state index < -0.39 is 0 Å². The number of hydrogen-bond donors (Lipinski definition) is 0. The van der Waals surface area contributed by atoms with Gasteiger partial charge in [0.1, 0.15) is 5.02 Å². The molecule has 1 aromatic heterocycles. The van der Waals surface area contributed by atoms with Gasteiger partial charge in [-0.25, -0.2) is 4.98 Å². The molecule has 1 aliphatic heterocycles. The van der Waals surface area contributed by atoms with Crippen molar-refractivity contribution in [2.75, 3.05) is 37.6 Å². The second-order valence-corrected chi connectivity index (χ2v) is 5.79. The quantitative estimate of drug-likeness (QED) is 0.799. The van der Waals surface area contributed by atoms with Crippen LogP contribution in [0.1, 0.15) is 12.8 Å². The van der Waals surface area contributed by atoms with Crippen LogP contribution in [0.5, 0.6) is 0 Å². The zero-order chi connectivity index (χ0) is 12.5. The molecule has 3 rings (SSSR count). The van der Waals surface area contributed by atoms with Crippen LogP contribution in [0.2, 0.25) is 10.3 Å². The summed E-state index contributed by atoms with van der Waals surface area (Å²) in [4.78, 5) is 12.8. The molecule has 1 aromatic rings. The first kappa shape index (κ1) is 12.5. The van der Waals surface area contributed by atoms with E-state index in [-0.39, 0.29) is 5.28 Å². The van der Waals surface area contributed by atoms with Crippen molar-refractivity contribution in [3.63, 3.8) is 0 Å². The van der Waals surface area contributed by atoms with E-state index in [0.29, 0.717) is 5.02 Å². The Morgan fingerprint density at radius 2 is 1.89 bits per heavy atom. The van der Waals surface area contributed by atoms with E-state index >= 15 is 0 Å². The Morgan fingerprint density at radius 1 is 1.17 bits per heavy atom. The molecule has 0 atom stereocenters. The van der Waals surface area contributed by atoms with Crippen LogP contribution in [0.25, 0.3) is 0 Å². The van der Waals surface area contributed by atoms with Crippen molar-refractivity contribution in [2.24, 2.45) is 5.92 Å². The fourth-order valence-electron chi connectivity index (χ4n) is 2.37. The number of halogens is 2. The van der Waals surface area contributed by atoms with E-state index in [0.717, 1.165) is 37.9 Å². The van der Waals surface area contributed by atoms with Gasteiger partial charge in [-0.05, 0) is 30.4 Å². The van der Waals surface area contributed by atoms with Crippen molar-refractivity contribution in [1.82, 2.24) is 14.9 Å². The minimum atomic E-state index is 0.259. The fourth-order valence-corrected chi connectivity index (χ4v) is 2.71. The monoisotopic (exact) mass is 286 g/mol. The topological polar surface area (TPSA) is 32.3 Å². The van der Waals surface area contributed by atoms with E-state index in [1.54, 1.807) is 6.20 Å². The molecule has 18 heavy (non-hydrogen) atoms. The largest absolute Gasteiger partial charge is 0.353 e. The standard InChI is InChI=1S/C12H16Cl2N4/c13-10-7-15-12(14)16-11(10)18-5-3-17(4-6-18)8-9-1-2-9/h7,9H,1-6,8H2. The molecule has 2 heterocycles. The lowest BCUT2D eigenvalue weighted by molar-refractivity contribution is 0.247. The first-order valence-electron chi connectivity index (χ1n) is 6.38. The number of rotatable bonds is 3. The minimum absolute atomic E-state index is 0.259. The molecule has 0 aromatic carbocycles. The number of aromatic nitrogens is 2. The molecule has 0 radical (unpaired) electrons. The number of nitrogens with zero attached hydrogens (tertiary/aromatic N) is 4. The van der Waals surface area contributed by atoms with Crippen molar-refractivity contribution in [1.29, 1.82) is 0 Å². The first-order chi connectivity index (χ1) is 8.72. The Bertz CT molecular complexity index is 428. The average Bonchev–Trinajstić information content (AvgIpc) is 3.17. The predicted octanol–water partition coefficient (Wildman–Crippen LogP) is 2.32. The van der Waals surface area contributed by atoms with Gasteiger partial charge in [0.25, 0.3) is 0 Å². The molecule has 98 valence electrons. The number of hydrogen-bond acceptors (Lipinski definition) is 4. The lowest BCUT2D eigenvalue weighted by Crippen LogP contribution is -2.47. The van der Waals surface area contributed by atoms with Crippen LogP contribution in [0.15, 0.2) is 6.20 Å². The molecule has 0 amide bonds. The fraction of sp³-hybridized carbons (Fsp3) is 0.667. The molecular formula is C12H16Cl2N4. The molecule has 1 saturated carbocycles. The predicted molar refractivity (Wildman–Crippen MR) is 73.4 cm³/mol. The van der Waals surface area contributed by atoms with Gasteiger partial charge < -0.3 is 4.90 Å². The summed E-state index contributed by atoms with van der Waals surface area (Å²) >= 11 is 11.9. The van der Waals surface area contributed by atoms with Crippen LogP contribution >= 0.6 is 23.2 Å². The van der Waals surface area contributed by atoms with Crippen molar-refractivity contribution in [2.45, 2.75) is 12.8 Å². The molecular weight excluding hydrogens is 271 g/mol. The summed E-state index contributed by atoms with van der Waals surface area (Å²) in [6.45, 7) is 5.33. The van der Waals surface area contributed by atoms with Gasteiger partial charge in [0.05, 0.1) is 6.20 Å². The lowest BCUT2D eigenvalue weighted by Gasteiger charge is -2.35. The summed E-state index contributed by atoms with van der Waals surface area (Å²) in [6, 6.07) is 0. The van der Waals surface area contributed by atoms with Gasteiger partial charge in [-0.1, -0.05) is 11.6 Å². The smallest absolute Gasteiger partial charge is 0.224 e. The Morgan fingerprint density at radius 3 is 2.56 bits per heavy atom. The normalized spacial score (nSPS) is 21.3. The molecule has 0 bridgehead atoms. The lowest BCUT2D eigenvalue weighted by atomic mass is 10.3. The molecule has 2 fully saturated rings. The van der Waals surface area contributed by atoms with E-state index in [1.807, 2.05) is 0 Å². The van der Waals surface area contributed by atoms with Crippen LogP contribution in [0, 0.1) is 5.92 Å². The van der Waals surface area contributed by atoms with Crippen LogP contribution in [-0.2, 0) is 0 Å². The van der Waals surface area contributed by atoms with Crippen LogP contribution in [0.4, 0.5) is 5.82 Å². The Hall–Kier alpha value is -0.580. The molecule has 0 spiro atoms. The van der Waals surface area contributed by atoms with Gasteiger partial charge in [-0.3, -0.25) is 4.90 Å². The average molecular weight is 287 g/mol. The summed E-state index contributed by atoms with van der Waals surface area (Å²) < 4.78 is 0. The maximum Gasteiger partial charge on any atom is 0.224 e. The Kier molecular flexibility index (Phi) is 3.59. The third-order valence-corrected chi connectivity index (χ3v) is 4.03. The second-order valence-electron chi connectivity index (χ2n) is 5.04. The maximum absolute atomic E-state index is 6.12. The number of anilines is 1. The highest BCUT2D eigenvalue weighted by atomic mass is 35.5. The zero-order valence-corrected chi connectivity index (χ0v) is 11.7. The van der Waals surface area contributed by atoms with Crippen molar-refractivity contribution in [3.8, 4) is 0 Å². The zero-order valence-electron chi connectivity index (χ0n) is 10.1. The molecule has 0 N–H and O–H groups in total. The highest BCUT2D eigenvalue weighted by Crippen LogP contribution is 2.30. The van der Waals surface area contributed by atoms with Gasteiger partial charge in [0, 0.05) is 32.7 Å². The molecule has 1 aliphatic carbocycles. The molecule has 1 saturated heterocycles. The van der Waals surface area contributed by atoms with Crippen molar-refractivity contribution in [3.05, 3.63) is 16.5 Å². The summed E-state index contributed by atoms with van der Waals surface area (Å²) in [7, 11) is 0. The molecule has 2 aliphatic rings. The van der Waals surface area contributed by atoms with E-state index in [4.69, 9.17) is 23.2 Å². The van der Waals surface area contributed by atoms with Crippen LogP contribution in [0.3, 0.4) is 0 Å². The van der Waals surface area contributed by atoms with Crippen LogP contribution < -0.4 is 4.90 Å². The van der Waals surface area contributed by atoms with E-state index in [2.05, 4.69) is 19.8 Å². The summed E-state index contributed by atoms with van der Waals surface area (Å²) in [5.74, 6) is 1.72. The Labute approximate surface area is 117 Å². The van der Waals surface area contributed by atoms with Crippen LogP contribution in [-0.4, -0.2) is 47.6 Å². The van der Waals surface area contributed by atoms with Gasteiger partial charge in [-0.2, -0.15) is 4.98 Å². The van der Waals surface area contributed by atoms with E-state index in [9.17, 15) is 0 Å². The third kappa shape index (κ3) is 2.87. The first-order valence-corrected chi connectivity index (χ1v) is 7.13. The number of piperazine rings is 1. The summed E-state index contributed by atoms with van der Waals surface area (Å²) in [5.41, 5.74) is 0. The molecule has 6 heteroatoms. The third-order valence-electron chi connectivity index (χ3n) is 3.58. The highest BCUT2D eigenvalue weighted by Gasteiger charge is 2.27. The highest BCUT2D eigenvalue weighted by molar-refractivity contribution is 6.33. The summed E-state index contributed by atoms with van der Waals surface area (Å²) in [6.07, 6.45) is 4.39. The van der Waals surface area contributed by atoms with Crippen molar-refractivity contribution >= 4 is 29.0 Å².